The maximum absolute atomic E-state index is 12.0. The van der Waals surface area contributed by atoms with Gasteiger partial charge in [0.25, 0.3) is 5.91 Å². The minimum atomic E-state index is -0.516. The average Bonchev–Trinajstić information content (AvgIpc) is 2.39. The van der Waals surface area contributed by atoms with Gasteiger partial charge in [0.1, 0.15) is 0 Å². The molecule has 1 amide bonds. The number of anilines is 1. The molecular formula is C15H14ClNO2. The summed E-state index contributed by atoms with van der Waals surface area (Å²) >= 11 is 5.84. The molecule has 0 heterocycles. The number of nitrogens with one attached hydrogen (secondary N) is 1. The van der Waals surface area contributed by atoms with E-state index >= 15 is 0 Å². The lowest BCUT2D eigenvalue weighted by atomic mass is 10.1. The predicted octanol–water partition coefficient (Wildman–Crippen LogP) is 3.65. The SMILES string of the molecule is C[C@@H](O)c1ccc(NC(=O)c2cccc(Cl)c2)cc1. The van der Waals surface area contributed by atoms with Crippen LogP contribution >= 0.6 is 11.6 Å². The first-order chi connectivity index (χ1) is 9.06. The molecule has 4 heteroatoms. The van der Waals surface area contributed by atoms with E-state index in [1.165, 1.54) is 0 Å². The summed E-state index contributed by atoms with van der Waals surface area (Å²) in [5.41, 5.74) is 1.99. The van der Waals surface area contributed by atoms with Crippen molar-refractivity contribution in [2.75, 3.05) is 5.32 Å². The summed E-state index contributed by atoms with van der Waals surface area (Å²) in [7, 11) is 0. The van der Waals surface area contributed by atoms with Crippen LogP contribution in [0, 0.1) is 0 Å². The van der Waals surface area contributed by atoms with Gasteiger partial charge in [0.2, 0.25) is 0 Å². The number of rotatable bonds is 3. The first kappa shape index (κ1) is 13.6. The largest absolute Gasteiger partial charge is 0.389 e. The van der Waals surface area contributed by atoms with Crippen molar-refractivity contribution >= 4 is 23.2 Å². The lowest BCUT2D eigenvalue weighted by Gasteiger charge is -2.08. The number of hydrogen-bond acceptors (Lipinski definition) is 2. The van der Waals surface area contributed by atoms with Crippen LogP contribution in [0.1, 0.15) is 28.9 Å². The number of benzene rings is 2. The Morgan fingerprint density at radius 2 is 1.89 bits per heavy atom. The molecule has 0 radical (unpaired) electrons. The van der Waals surface area contributed by atoms with Crippen molar-refractivity contribution in [3.63, 3.8) is 0 Å². The summed E-state index contributed by atoms with van der Waals surface area (Å²) in [6, 6.07) is 13.8. The van der Waals surface area contributed by atoms with E-state index in [0.717, 1.165) is 5.56 Å². The van der Waals surface area contributed by atoms with Gasteiger partial charge in [0.15, 0.2) is 0 Å². The van der Waals surface area contributed by atoms with Crippen LogP contribution in [0.15, 0.2) is 48.5 Å². The second-order valence-electron chi connectivity index (χ2n) is 4.26. The molecule has 1 atom stereocenters. The summed E-state index contributed by atoms with van der Waals surface area (Å²) in [4.78, 5) is 12.0. The van der Waals surface area contributed by atoms with Crippen molar-refractivity contribution in [2.24, 2.45) is 0 Å². The first-order valence-electron chi connectivity index (χ1n) is 5.91. The third-order valence-electron chi connectivity index (χ3n) is 2.74. The summed E-state index contributed by atoms with van der Waals surface area (Å²) < 4.78 is 0. The molecule has 3 nitrogen and oxygen atoms in total. The summed E-state index contributed by atoms with van der Waals surface area (Å²) in [5, 5.41) is 12.7. The van der Waals surface area contributed by atoms with Gasteiger partial charge in [-0.1, -0.05) is 29.8 Å². The number of amides is 1. The highest BCUT2D eigenvalue weighted by atomic mass is 35.5. The molecule has 2 N–H and O–H groups in total. The molecule has 0 saturated carbocycles. The van der Waals surface area contributed by atoms with Gasteiger partial charge in [-0.2, -0.15) is 0 Å². The lowest BCUT2D eigenvalue weighted by molar-refractivity contribution is 0.102. The van der Waals surface area contributed by atoms with Crippen LogP contribution < -0.4 is 5.32 Å². The zero-order chi connectivity index (χ0) is 13.8. The molecule has 2 aromatic rings. The van der Waals surface area contributed by atoms with Gasteiger partial charge >= 0.3 is 0 Å². The van der Waals surface area contributed by atoms with Gasteiger partial charge in [-0.15, -0.1) is 0 Å². The summed E-state index contributed by atoms with van der Waals surface area (Å²) in [6.45, 7) is 1.69. The Hall–Kier alpha value is -1.84. The number of hydrogen-bond donors (Lipinski definition) is 2. The van der Waals surface area contributed by atoms with Gasteiger partial charge in [0, 0.05) is 16.3 Å². The molecule has 19 heavy (non-hydrogen) atoms. The standard InChI is InChI=1S/C15H14ClNO2/c1-10(18)11-5-7-14(8-6-11)17-15(19)12-3-2-4-13(16)9-12/h2-10,18H,1H3,(H,17,19)/t10-/m1/s1. The van der Waals surface area contributed by atoms with Gasteiger partial charge in [-0.25, -0.2) is 0 Å². The van der Waals surface area contributed by atoms with E-state index in [9.17, 15) is 9.90 Å². The first-order valence-corrected chi connectivity index (χ1v) is 6.29. The molecule has 2 aromatic carbocycles. The molecule has 0 aliphatic carbocycles. The van der Waals surface area contributed by atoms with Crippen molar-refractivity contribution in [3.05, 3.63) is 64.7 Å². The molecule has 0 saturated heterocycles. The molecule has 0 aromatic heterocycles. The number of carbonyl (C=O) groups excluding carboxylic acids is 1. The van der Waals surface area contributed by atoms with Gasteiger partial charge in [0.05, 0.1) is 6.10 Å². The van der Waals surface area contributed by atoms with Crippen molar-refractivity contribution in [3.8, 4) is 0 Å². The fraction of sp³-hybridized carbons (Fsp3) is 0.133. The van der Waals surface area contributed by atoms with Gasteiger partial charge in [-0.05, 0) is 42.8 Å². The monoisotopic (exact) mass is 275 g/mol. The molecule has 0 aliphatic heterocycles. The fourth-order valence-electron chi connectivity index (χ4n) is 1.68. The highest BCUT2D eigenvalue weighted by Gasteiger charge is 2.07. The number of aliphatic hydroxyl groups excluding tert-OH is 1. The lowest BCUT2D eigenvalue weighted by Crippen LogP contribution is -2.11. The Morgan fingerprint density at radius 3 is 2.47 bits per heavy atom. The number of carbonyl (C=O) groups is 1. The summed E-state index contributed by atoms with van der Waals surface area (Å²) in [6.07, 6.45) is -0.516. The molecule has 2 rings (SSSR count). The molecule has 0 spiro atoms. The maximum atomic E-state index is 12.0. The Kier molecular flexibility index (Phi) is 4.20. The van der Waals surface area contributed by atoms with Crippen molar-refractivity contribution in [1.82, 2.24) is 0 Å². The third-order valence-corrected chi connectivity index (χ3v) is 2.97. The molecule has 0 aliphatic rings. The molecule has 0 fully saturated rings. The van der Waals surface area contributed by atoms with Crippen molar-refractivity contribution in [1.29, 1.82) is 0 Å². The van der Waals surface area contributed by atoms with Crippen molar-refractivity contribution in [2.45, 2.75) is 13.0 Å². The van der Waals surface area contributed by atoms with Crippen LogP contribution in [0.3, 0.4) is 0 Å². The van der Waals surface area contributed by atoms with E-state index in [1.54, 1.807) is 55.5 Å². The van der Waals surface area contributed by atoms with Crippen LogP contribution in [-0.4, -0.2) is 11.0 Å². The minimum absolute atomic E-state index is 0.215. The zero-order valence-electron chi connectivity index (χ0n) is 10.4. The van der Waals surface area contributed by atoms with E-state index in [4.69, 9.17) is 11.6 Å². The number of aliphatic hydroxyl groups is 1. The van der Waals surface area contributed by atoms with Crippen molar-refractivity contribution < 1.29 is 9.90 Å². The highest BCUT2D eigenvalue weighted by Crippen LogP contribution is 2.17. The topological polar surface area (TPSA) is 49.3 Å². The number of halogens is 1. The quantitative estimate of drug-likeness (QED) is 0.898. The highest BCUT2D eigenvalue weighted by molar-refractivity contribution is 6.31. The molecule has 0 bridgehead atoms. The van der Waals surface area contributed by atoms with Crippen LogP contribution in [0.25, 0.3) is 0 Å². The Bertz CT molecular complexity index is 579. The third kappa shape index (κ3) is 3.56. The maximum Gasteiger partial charge on any atom is 0.255 e. The molecule has 0 unspecified atom stereocenters. The molecular weight excluding hydrogens is 262 g/mol. The van der Waals surface area contributed by atoms with E-state index in [1.807, 2.05) is 0 Å². The van der Waals surface area contributed by atoms with Crippen LogP contribution in [0.2, 0.25) is 5.02 Å². The van der Waals surface area contributed by atoms with Crippen LogP contribution in [-0.2, 0) is 0 Å². The van der Waals surface area contributed by atoms with E-state index in [-0.39, 0.29) is 5.91 Å². The van der Waals surface area contributed by atoms with E-state index < -0.39 is 6.10 Å². The van der Waals surface area contributed by atoms with Crippen LogP contribution in [0.5, 0.6) is 0 Å². The minimum Gasteiger partial charge on any atom is -0.389 e. The van der Waals surface area contributed by atoms with Crippen LogP contribution in [0.4, 0.5) is 5.69 Å². The smallest absolute Gasteiger partial charge is 0.255 e. The Labute approximate surface area is 116 Å². The Balaban J connectivity index is 2.10. The predicted molar refractivity (Wildman–Crippen MR) is 76.5 cm³/mol. The van der Waals surface area contributed by atoms with Gasteiger partial charge in [-0.3, -0.25) is 4.79 Å². The Morgan fingerprint density at radius 1 is 1.21 bits per heavy atom. The normalized spacial score (nSPS) is 11.9. The van der Waals surface area contributed by atoms with Gasteiger partial charge < -0.3 is 10.4 Å². The second-order valence-corrected chi connectivity index (χ2v) is 4.70. The van der Waals surface area contributed by atoms with E-state index in [2.05, 4.69) is 5.32 Å². The fourth-order valence-corrected chi connectivity index (χ4v) is 1.87. The second kappa shape index (κ2) is 5.87. The van der Waals surface area contributed by atoms with E-state index in [0.29, 0.717) is 16.3 Å². The molecule has 98 valence electrons. The average molecular weight is 276 g/mol. The zero-order valence-corrected chi connectivity index (χ0v) is 11.2. The summed E-state index contributed by atoms with van der Waals surface area (Å²) in [5.74, 6) is -0.215.